The molecule has 0 aliphatic carbocycles. The minimum atomic E-state index is -0.438. The number of halogens is 2. The van der Waals surface area contributed by atoms with Crippen molar-refractivity contribution in [2.75, 3.05) is 6.61 Å². The van der Waals surface area contributed by atoms with Gasteiger partial charge in [-0.3, -0.25) is 4.79 Å². The van der Waals surface area contributed by atoms with Gasteiger partial charge in [0.2, 0.25) is 5.88 Å². The maximum atomic E-state index is 14.1. The average Bonchev–Trinajstić information content (AvgIpc) is 3.58. The smallest absolute Gasteiger partial charge is 0.251 e. The fourth-order valence-corrected chi connectivity index (χ4v) is 5.00. The Morgan fingerprint density at radius 1 is 1.05 bits per heavy atom. The highest BCUT2D eigenvalue weighted by Crippen LogP contribution is 2.23. The van der Waals surface area contributed by atoms with Crippen LogP contribution in [0.1, 0.15) is 24.2 Å². The molecule has 1 atom stereocenters. The zero-order chi connectivity index (χ0) is 26.8. The molecule has 39 heavy (non-hydrogen) atoms. The van der Waals surface area contributed by atoms with Crippen LogP contribution in [0.15, 0.2) is 83.8 Å². The third-order valence-electron chi connectivity index (χ3n) is 6.86. The molecular weight excluding hydrogens is 519 g/mol. The van der Waals surface area contributed by atoms with Crippen LogP contribution in [0.3, 0.4) is 0 Å². The number of hydrogen-bond donors (Lipinski definition) is 0. The highest BCUT2D eigenvalue weighted by Gasteiger charge is 2.20. The van der Waals surface area contributed by atoms with Crippen molar-refractivity contribution >= 4 is 22.6 Å². The van der Waals surface area contributed by atoms with Crippen molar-refractivity contribution in [3.8, 4) is 17.1 Å². The molecule has 0 bridgehead atoms. The highest BCUT2D eigenvalue weighted by molar-refractivity contribution is 6.30. The topological polar surface area (TPSA) is 71.2 Å². The second kappa shape index (κ2) is 11.0. The van der Waals surface area contributed by atoms with Gasteiger partial charge in [-0.2, -0.15) is 0 Å². The van der Waals surface area contributed by atoms with E-state index < -0.39 is 5.82 Å². The zero-order valence-electron chi connectivity index (χ0n) is 21.1. The van der Waals surface area contributed by atoms with E-state index in [1.54, 1.807) is 47.2 Å². The van der Waals surface area contributed by atoms with Crippen molar-refractivity contribution in [1.29, 1.82) is 0 Å². The number of fused-ring (bicyclic) bond motifs is 1. The van der Waals surface area contributed by atoms with E-state index in [4.69, 9.17) is 26.1 Å². The number of pyridine rings is 2. The Morgan fingerprint density at radius 3 is 2.77 bits per heavy atom. The molecule has 2 aromatic carbocycles. The monoisotopic (exact) mass is 544 g/mol. The molecule has 1 fully saturated rings. The fourth-order valence-electron chi connectivity index (χ4n) is 4.84. The van der Waals surface area contributed by atoms with Gasteiger partial charge >= 0.3 is 0 Å². The first-order valence-corrected chi connectivity index (χ1v) is 13.2. The lowest BCUT2D eigenvalue weighted by molar-refractivity contribution is 0.0971. The first kappa shape index (κ1) is 25.3. The minimum absolute atomic E-state index is 0.00789. The highest BCUT2D eigenvalue weighted by atomic mass is 35.5. The third-order valence-corrected chi connectivity index (χ3v) is 7.10. The molecular formula is C30H26ClFN4O3. The van der Waals surface area contributed by atoms with Gasteiger partial charge in [0, 0.05) is 41.1 Å². The van der Waals surface area contributed by atoms with Crippen LogP contribution in [0.4, 0.5) is 4.39 Å². The maximum Gasteiger partial charge on any atom is 0.251 e. The van der Waals surface area contributed by atoms with Gasteiger partial charge in [-0.1, -0.05) is 35.9 Å². The van der Waals surface area contributed by atoms with Gasteiger partial charge in [0.15, 0.2) is 0 Å². The van der Waals surface area contributed by atoms with Crippen molar-refractivity contribution < 1.29 is 13.9 Å². The molecule has 0 N–H and O–H groups in total. The lowest BCUT2D eigenvalue weighted by Gasteiger charge is -2.15. The van der Waals surface area contributed by atoms with Crippen LogP contribution in [0.5, 0.6) is 5.88 Å². The summed E-state index contributed by atoms with van der Waals surface area (Å²) in [7, 11) is 0. The zero-order valence-corrected chi connectivity index (χ0v) is 21.9. The van der Waals surface area contributed by atoms with Gasteiger partial charge in [-0.25, -0.2) is 14.4 Å². The van der Waals surface area contributed by atoms with E-state index in [0.29, 0.717) is 40.8 Å². The number of benzene rings is 2. The van der Waals surface area contributed by atoms with E-state index >= 15 is 0 Å². The van der Waals surface area contributed by atoms with Crippen LogP contribution >= 0.6 is 11.6 Å². The van der Waals surface area contributed by atoms with Gasteiger partial charge in [0.1, 0.15) is 18.2 Å². The Kier molecular flexibility index (Phi) is 7.13. The fraction of sp³-hybridized carbons (Fsp3) is 0.233. The summed E-state index contributed by atoms with van der Waals surface area (Å²) in [4.78, 5) is 22.5. The molecule has 0 saturated carbocycles. The number of rotatable bonds is 8. The lowest BCUT2D eigenvalue weighted by Crippen LogP contribution is -2.23. The standard InChI is InChI=1S/C30H26ClFN4O3/c31-22-11-10-21(24(32)16-22)19-39-29-9-3-7-25(34-29)20-12-13-35(30(37)15-20)18-28-33-26-6-1-2-8-27(26)36(28)17-23-5-4-14-38-23/h1-3,6-13,15-16,23H,4-5,14,17-19H2/t23-/m0/s1. The molecule has 0 unspecified atom stereocenters. The van der Waals surface area contributed by atoms with Crippen LogP contribution in [0.2, 0.25) is 5.02 Å². The number of nitrogens with zero attached hydrogens (tertiary/aromatic N) is 4. The third kappa shape index (κ3) is 5.57. The van der Waals surface area contributed by atoms with E-state index in [1.165, 1.54) is 6.07 Å². The molecule has 5 aromatic rings. The van der Waals surface area contributed by atoms with Crippen LogP contribution in [0.25, 0.3) is 22.3 Å². The van der Waals surface area contributed by atoms with Crippen molar-refractivity contribution in [1.82, 2.24) is 19.1 Å². The largest absolute Gasteiger partial charge is 0.473 e. The summed E-state index contributed by atoms with van der Waals surface area (Å²) in [6.45, 7) is 1.84. The molecule has 198 valence electrons. The number of aromatic nitrogens is 4. The van der Waals surface area contributed by atoms with E-state index in [9.17, 15) is 9.18 Å². The van der Waals surface area contributed by atoms with Crippen molar-refractivity contribution in [3.63, 3.8) is 0 Å². The van der Waals surface area contributed by atoms with Gasteiger partial charge in [-0.05, 0) is 49.2 Å². The quantitative estimate of drug-likeness (QED) is 0.245. The Bertz CT molecular complexity index is 1690. The van der Waals surface area contributed by atoms with Crippen molar-refractivity contribution in [2.24, 2.45) is 0 Å². The molecule has 6 rings (SSSR count). The Hall–Kier alpha value is -4.01. The first-order chi connectivity index (χ1) is 19.0. The van der Waals surface area contributed by atoms with Gasteiger partial charge < -0.3 is 18.6 Å². The first-order valence-electron chi connectivity index (χ1n) is 12.8. The number of ether oxygens (including phenoxy) is 2. The Balaban J connectivity index is 1.22. The predicted molar refractivity (Wildman–Crippen MR) is 147 cm³/mol. The van der Waals surface area contributed by atoms with Crippen LogP contribution in [-0.4, -0.2) is 31.8 Å². The molecule has 4 heterocycles. The average molecular weight is 545 g/mol. The number of para-hydroxylation sites is 2. The molecule has 7 nitrogen and oxygen atoms in total. The van der Waals surface area contributed by atoms with Gasteiger partial charge in [-0.15, -0.1) is 0 Å². The molecule has 0 spiro atoms. The molecule has 1 aliphatic rings. The Labute approximate surface area is 229 Å². The summed E-state index contributed by atoms with van der Waals surface area (Å²) in [5, 5.41) is 0.325. The summed E-state index contributed by atoms with van der Waals surface area (Å²) in [6.07, 6.45) is 3.99. The summed E-state index contributed by atoms with van der Waals surface area (Å²) in [5.41, 5.74) is 3.38. The molecule has 9 heteroatoms. The summed E-state index contributed by atoms with van der Waals surface area (Å²) in [5.74, 6) is 0.699. The molecule has 0 radical (unpaired) electrons. The molecule has 3 aromatic heterocycles. The number of hydrogen-bond acceptors (Lipinski definition) is 5. The second-order valence-electron chi connectivity index (χ2n) is 9.53. The van der Waals surface area contributed by atoms with Crippen molar-refractivity contribution in [2.45, 2.75) is 38.6 Å². The molecule has 0 amide bonds. The summed E-state index contributed by atoms with van der Waals surface area (Å²) >= 11 is 5.82. The van der Waals surface area contributed by atoms with Gasteiger partial charge in [0.05, 0.1) is 35.9 Å². The number of imidazole rings is 1. The van der Waals surface area contributed by atoms with E-state index in [0.717, 1.165) is 36.3 Å². The van der Waals surface area contributed by atoms with Crippen LogP contribution in [-0.2, 0) is 24.4 Å². The second-order valence-corrected chi connectivity index (χ2v) is 9.97. The van der Waals surface area contributed by atoms with Crippen LogP contribution < -0.4 is 10.3 Å². The Morgan fingerprint density at radius 2 is 1.95 bits per heavy atom. The normalized spacial score (nSPS) is 15.2. The predicted octanol–water partition coefficient (Wildman–Crippen LogP) is 5.86. The van der Waals surface area contributed by atoms with Gasteiger partial charge in [0.25, 0.3) is 5.56 Å². The lowest BCUT2D eigenvalue weighted by atomic mass is 10.2. The van der Waals surface area contributed by atoms with E-state index in [1.807, 2.05) is 24.3 Å². The van der Waals surface area contributed by atoms with E-state index in [-0.39, 0.29) is 18.3 Å². The minimum Gasteiger partial charge on any atom is -0.473 e. The molecule has 1 aliphatic heterocycles. The molecule has 1 saturated heterocycles. The SMILES string of the molecule is O=c1cc(-c2cccc(OCc3ccc(Cl)cc3F)n2)ccn1Cc1nc2ccccc2n1C[C@@H]1CCCO1. The van der Waals surface area contributed by atoms with Crippen LogP contribution in [0, 0.1) is 5.82 Å². The summed E-state index contributed by atoms with van der Waals surface area (Å²) < 4.78 is 29.5. The van der Waals surface area contributed by atoms with E-state index in [2.05, 4.69) is 15.6 Å². The summed E-state index contributed by atoms with van der Waals surface area (Å²) in [6, 6.07) is 21.1. The van der Waals surface area contributed by atoms with Crippen molar-refractivity contribution in [3.05, 3.63) is 112 Å². The maximum absolute atomic E-state index is 14.1.